The number of fused-ring (bicyclic) bond motifs is 1. The largest absolute Gasteiger partial charge is 0.497 e. The van der Waals surface area contributed by atoms with Crippen molar-refractivity contribution in [2.75, 3.05) is 27.0 Å². The van der Waals surface area contributed by atoms with Crippen LogP contribution in [0.5, 0.6) is 17.2 Å². The lowest BCUT2D eigenvalue weighted by atomic mass is 9.69. The van der Waals surface area contributed by atoms with Gasteiger partial charge in [-0.25, -0.2) is 0 Å². The minimum atomic E-state index is -1.31. The van der Waals surface area contributed by atoms with Crippen LogP contribution in [0, 0.1) is 0 Å². The predicted octanol–water partition coefficient (Wildman–Crippen LogP) is 3.67. The maximum atomic E-state index is 13.2. The van der Waals surface area contributed by atoms with Gasteiger partial charge in [-0.15, -0.1) is 0 Å². The summed E-state index contributed by atoms with van der Waals surface area (Å²) in [4.78, 5) is 27.6. The summed E-state index contributed by atoms with van der Waals surface area (Å²) in [5.41, 5.74) is 0.183. The number of carbonyl (C=O) groups is 2. The Labute approximate surface area is 190 Å². The monoisotopic (exact) mass is 449 g/mol. The lowest BCUT2D eigenvalue weighted by Crippen LogP contribution is -2.55. The van der Waals surface area contributed by atoms with E-state index in [-0.39, 0.29) is 30.9 Å². The van der Waals surface area contributed by atoms with Crippen LogP contribution in [0.4, 0.5) is 0 Å². The van der Waals surface area contributed by atoms with Crippen molar-refractivity contribution in [3.63, 3.8) is 0 Å². The molecule has 1 amide bonds. The first kappa shape index (κ1) is 20.9. The number of rotatable bonds is 5. The number of nitrogens with zero attached hydrogens (tertiary/aromatic N) is 1. The summed E-state index contributed by atoms with van der Waals surface area (Å²) in [6, 6.07) is 15.8. The van der Waals surface area contributed by atoms with Gasteiger partial charge in [0.1, 0.15) is 11.2 Å². The highest BCUT2D eigenvalue weighted by molar-refractivity contribution is 5.93. The van der Waals surface area contributed by atoms with Crippen molar-refractivity contribution in [3.05, 3.63) is 77.7 Å². The van der Waals surface area contributed by atoms with Gasteiger partial charge in [-0.1, -0.05) is 18.2 Å². The molecule has 8 nitrogen and oxygen atoms in total. The van der Waals surface area contributed by atoms with E-state index in [9.17, 15) is 14.7 Å². The molecule has 3 heterocycles. The fourth-order valence-corrected chi connectivity index (χ4v) is 4.70. The molecular formula is C25H23NO7. The fraction of sp³-hybridized carbons (Fsp3) is 0.280. The van der Waals surface area contributed by atoms with Gasteiger partial charge < -0.3 is 28.6 Å². The third kappa shape index (κ3) is 3.67. The molecule has 2 atom stereocenters. The molecule has 2 aliphatic heterocycles. The minimum Gasteiger partial charge on any atom is -0.497 e. The zero-order valence-corrected chi connectivity index (χ0v) is 18.0. The third-order valence-corrected chi connectivity index (χ3v) is 6.44. The van der Waals surface area contributed by atoms with Crippen LogP contribution >= 0.6 is 0 Å². The summed E-state index contributed by atoms with van der Waals surface area (Å²) >= 11 is 0. The summed E-state index contributed by atoms with van der Waals surface area (Å²) in [5, 5.41) is 10.5. The molecular weight excluding hydrogens is 426 g/mol. The number of ether oxygens (including phenoxy) is 3. The number of benzene rings is 2. The van der Waals surface area contributed by atoms with Crippen LogP contribution in [0.15, 0.2) is 65.3 Å². The number of carboxylic acids is 1. The smallest absolute Gasteiger partial charge is 0.315 e. The normalized spacial score (nSPS) is 21.6. The van der Waals surface area contributed by atoms with Gasteiger partial charge in [-0.3, -0.25) is 9.59 Å². The van der Waals surface area contributed by atoms with Gasteiger partial charge in [0.25, 0.3) is 5.91 Å². The van der Waals surface area contributed by atoms with Crippen LogP contribution < -0.4 is 14.2 Å². The molecule has 170 valence electrons. The van der Waals surface area contributed by atoms with Gasteiger partial charge in [0.15, 0.2) is 17.3 Å². The summed E-state index contributed by atoms with van der Waals surface area (Å²) in [7, 11) is 1.56. The number of likely N-dealkylation sites (tertiary alicyclic amines) is 1. The van der Waals surface area contributed by atoms with E-state index in [1.165, 1.54) is 6.26 Å². The van der Waals surface area contributed by atoms with Gasteiger partial charge in [0.2, 0.25) is 6.79 Å². The third-order valence-electron chi connectivity index (χ3n) is 6.44. The number of furan rings is 1. The van der Waals surface area contributed by atoms with E-state index in [0.29, 0.717) is 35.8 Å². The van der Waals surface area contributed by atoms with E-state index in [4.69, 9.17) is 18.6 Å². The number of hydrogen-bond donors (Lipinski definition) is 1. The molecule has 5 rings (SSSR count). The molecule has 3 aromatic rings. The first-order valence-electron chi connectivity index (χ1n) is 10.6. The summed E-state index contributed by atoms with van der Waals surface area (Å²) in [6.45, 7) is 0.525. The second-order valence-corrected chi connectivity index (χ2v) is 8.29. The molecule has 0 radical (unpaired) electrons. The fourth-order valence-electron chi connectivity index (χ4n) is 4.70. The molecule has 1 N–H and O–H groups in total. The molecule has 0 spiro atoms. The summed E-state index contributed by atoms with van der Waals surface area (Å²) in [5.74, 6) is 0.497. The van der Waals surface area contributed by atoms with E-state index >= 15 is 0 Å². The molecule has 0 saturated carbocycles. The van der Waals surface area contributed by atoms with Crippen LogP contribution in [-0.4, -0.2) is 48.9 Å². The van der Waals surface area contributed by atoms with Crippen molar-refractivity contribution in [3.8, 4) is 17.2 Å². The van der Waals surface area contributed by atoms with Crippen molar-refractivity contribution in [1.29, 1.82) is 0 Å². The quantitative estimate of drug-likeness (QED) is 0.635. The number of carboxylic acid groups (broad SMARTS) is 1. The Morgan fingerprint density at radius 1 is 1.09 bits per heavy atom. The standard InChI is InChI=1S/C25H23NO7/c1-30-19-7-5-18(6-8-19)25(24(28)29)12-17(16-4-9-20-22(11-16)33-15-32-20)13-26(14-25)23(27)21-3-2-10-31-21/h2-11,17H,12-15H2,1H3,(H,28,29)/t17-,25-/m1/s1. The van der Waals surface area contributed by atoms with E-state index in [1.807, 2.05) is 18.2 Å². The number of hydrogen-bond acceptors (Lipinski definition) is 6. The van der Waals surface area contributed by atoms with Crippen LogP contribution in [0.1, 0.15) is 34.0 Å². The van der Waals surface area contributed by atoms with Gasteiger partial charge in [0.05, 0.1) is 13.4 Å². The molecule has 1 fully saturated rings. The van der Waals surface area contributed by atoms with Gasteiger partial charge >= 0.3 is 5.97 Å². The van der Waals surface area contributed by atoms with Crippen LogP contribution in [0.25, 0.3) is 0 Å². The highest BCUT2D eigenvalue weighted by Gasteiger charge is 2.49. The SMILES string of the molecule is COc1ccc([C@@]2(C(=O)O)C[C@@H](c3ccc4c(c3)OCO4)CN(C(=O)c3ccco3)C2)cc1. The molecule has 8 heteroatoms. The van der Waals surface area contributed by atoms with Gasteiger partial charge in [0, 0.05) is 19.0 Å². The summed E-state index contributed by atoms with van der Waals surface area (Å²) in [6.07, 6.45) is 1.75. The highest BCUT2D eigenvalue weighted by atomic mass is 16.7. The number of aliphatic carboxylic acids is 1. The van der Waals surface area contributed by atoms with Gasteiger partial charge in [-0.2, -0.15) is 0 Å². The molecule has 0 bridgehead atoms. The maximum absolute atomic E-state index is 13.2. The van der Waals surface area contributed by atoms with Crippen molar-refractivity contribution in [2.45, 2.75) is 17.8 Å². The number of amides is 1. The zero-order chi connectivity index (χ0) is 23.0. The first-order valence-corrected chi connectivity index (χ1v) is 10.6. The van der Waals surface area contributed by atoms with E-state index in [0.717, 1.165) is 5.56 Å². The minimum absolute atomic E-state index is 0.0231. The Kier molecular flexibility index (Phi) is 5.20. The molecule has 33 heavy (non-hydrogen) atoms. The Bertz CT molecular complexity index is 1170. The topological polar surface area (TPSA) is 98.4 Å². The predicted molar refractivity (Wildman–Crippen MR) is 117 cm³/mol. The van der Waals surface area contributed by atoms with Crippen molar-refractivity contribution in [1.82, 2.24) is 4.90 Å². The molecule has 0 aliphatic carbocycles. The second kappa shape index (κ2) is 8.20. The van der Waals surface area contributed by atoms with E-state index < -0.39 is 11.4 Å². The Balaban J connectivity index is 1.58. The second-order valence-electron chi connectivity index (χ2n) is 8.29. The molecule has 1 saturated heterocycles. The number of methoxy groups -OCH3 is 1. The Morgan fingerprint density at radius 3 is 2.58 bits per heavy atom. The molecule has 0 unspecified atom stereocenters. The van der Waals surface area contributed by atoms with Crippen LogP contribution in [0.3, 0.4) is 0 Å². The van der Waals surface area contributed by atoms with Crippen LogP contribution in [0.2, 0.25) is 0 Å². The highest BCUT2D eigenvalue weighted by Crippen LogP contribution is 2.44. The zero-order valence-electron chi connectivity index (χ0n) is 18.0. The van der Waals surface area contributed by atoms with Crippen LogP contribution in [-0.2, 0) is 10.2 Å². The average Bonchev–Trinajstić information content (AvgIpc) is 3.55. The van der Waals surface area contributed by atoms with E-state index in [2.05, 4.69) is 0 Å². The number of piperidine rings is 1. The van der Waals surface area contributed by atoms with Gasteiger partial charge in [-0.05, 0) is 53.9 Å². The van der Waals surface area contributed by atoms with Crippen molar-refractivity contribution < 1.29 is 33.3 Å². The molecule has 2 aliphatic rings. The van der Waals surface area contributed by atoms with Crippen molar-refractivity contribution in [2.24, 2.45) is 0 Å². The molecule has 2 aromatic carbocycles. The average molecular weight is 449 g/mol. The summed E-state index contributed by atoms with van der Waals surface area (Å²) < 4.78 is 21.5. The van der Waals surface area contributed by atoms with Crippen molar-refractivity contribution >= 4 is 11.9 Å². The molecule has 1 aromatic heterocycles. The Hall–Kier alpha value is -3.94. The first-order chi connectivity index (χ1) is 16.0. The maximum Gasteiger partial charge on any atom is 0.315 e. The lowest BCUT2D eigenvalue weighted by Gasteiger charge is -2.44. The van der Waals surface area contributed by atoms with E-state index in [1.54, 1.807) is 48.4 Å². The Morgan fingerprint density at radius 2 is 1.88 bits per heavy atom. The number of carbonyl (C=O) groups excluding carboxylic acids is 1. The lowest BCUT2D eigenvalue weighted by molar-refractivity contribution is -0.146.